The van der Waals surface area contributed by atoms with Gasteiger partial charge in [0.05, 0.1) is 0 Å². The smallest absolute Gasteiger partial charge is 0.0123 e. The van der Waals surface area contributed by atoms with Gasteiger partial charge in [-0.05, 0) is 51.7 Å². The molecule has 0 aromatic rings. The molecule has 23 heavy (non-hydrogen) atoms. The quantitative estimate of drug-likeness (QED) is 0.676. The van der Waals surface area contributed by atoms with Gasteiger partial charge in [-0.25, -0.2) is 0 Å². The topological polar surface area (TPSA) is 56.6 Å². The Hall–Kier alpha value is -0.200. The average Bonchev–Trinajstić information content (AvgIpc) is 2.58. The summed E-state index contributed by atoms with van der Waals surface area (Å²) in [5, 5.41) is 7.39. The van der Waals surface area contributed by atoms with Crippen molar-refractivity contribution in [2.45, 2.75) is 57.5 Å². The number of hydrogen-bond acceptors (Lipinski definition) is 5. The highest BCUT2D eigenvalue weighted by Gasteiger charge is 2.24. The second kappa shape index (κ2) is 11.4. The van der Waals surface area contributed by atoms with Crippen LogP contribution < -0.4 is 16.4 Å². The van der Waals surface area contributed by atoms with Crippen molar-refractivity contribution < 1.29 is 0 Å². The molecule has 5 heteroatoms. The highest BCUT2D eigenvalue weighted by Crippen LogP contribution is 2.18. The summed E-state index contributed by atoms with van der Waals surface area (Å²) in [6, 6.07) is 1.38. The molecule has 2 unspecified atom stereocenters. The van der Waals surface area contributed by atoms with Crippen LogP contribution in [0.5, 0.6) is 0 Å². The van der Waals surface area contributed by atoms with Crippen molar-refractivity contribution in [2.75, 3.05) is 58.9 Å². The maximum absolute atomic E-state index is 5.92. The van der Waals surface area contributed by atoms with Crippen LogP contribution in [0.4, 0.5) is 0 Å². The molecule has 2 heterocycles. The fourth-order valence-corrected chi connectivity index (χ4v) is 4.10. The normalized spacial score (nSPS) is 29.5. The first-order chi connectivity index (χ1) is 11.3. The summed E-state index contributed by atoms with van der Waals surface area (Å²) in [5.41, 5.74) is 5.92. The zero-order chi connectivity index (χ0) is 16.3. The van der Waals surface area contributed by atoms with Gasteiger partial charge < -0.3 is 21.3 Å². The van der Waals surface area contributed by atoms with E-state index in [1.165, 1.54) is 71.2 Å². The van der Waals surface area contributed by atoms with Crippen molar-refractivity contribution in [3.8, 4) is 0 Å². The van der Waals surface area contributed by atoms with Gasteiger partial charge in [0.25, 0.3) is 0 Å². The zero-order valence-electron chi connectivity index (χ0n) is 15.2. The molecule has 4 N–H and O–H groups in total. The van der Waals surface area contributed by atoms with Crippen LogP contribution in [-0.2, 0) is 0 Å². The number of nitrogens with one attached hydrogen (secondary N) is 2. The third kappa shape index (κ3) is 7.06. The fraction of sp³-hybridized carbons (Fsp3) is 1.00. The van der Waals surface area contributed by atoms with Crippen molar-refractivity contribution in [2.24, 2.45) is 5.73 Å². The zero-order valence-corrected chi connectivity index (χ0v) is 15.2. The Balaban J connectivity index is 1.93. The number of hydrogen-bond donors (Lipinski definition) is 3. The van der Waals surface area contributed by atoms with Crippen molar-refractivity contribution in [3.63, 3.8) is 0 Å². The van der Waals surface area contributed by atoms with E-state index in [0.29, 0.717) is 12.1 Å². The Morgan fingerprint density at radius 2 is 1.91 bits per heavy atom. The molecule has 136 valence electrons. The van der Waals surface area contributed by atoms with Crippen molar-refractivity contribution in [1.29, 1.82) is 0 Å². The Kier molecular flexibility index (Phi) is 9.46. The van der Waals surface area contributed by atoms with E-state index >= 15 is 0 Å². The third-order valence-corrected chi connectivity index (χ3v) is 5.40. The van der Waals surface area contributed by atoms with Crippen LogP contribution in [0.2, 0.25) is 0 Å². The highest BCUT2D eigenvalue weighted by atomic mass is 15.2. The Morgan fingerprint density at radius 3 is 2.65 bits per heavy atom. The second-order valence-corrected chi connectivity index (χ2v) is 7.24. The van der Waals surface area contributed by atoms with Gasteiger partial charge in [0.1, 0.15) is 0 Å². The molecule has 2 atom stereocenters. The fourth-order valence-electron chi connectivity index (χ4n) is 4.10. The number of nitrogens with zero attached hydrogens (tertiary/aromatic N) is 2. The van der Waals surface area contributed by atoms with Crippen molar-refractivity contribution in [3.05, 3.63) is 0 Å². The molecule has 0 spiro atoms. The first-order valence-corrected chi connectivity index (χ1v) is 9.94. The minimum atomic E-state index is 0.670. The molecule has 0 amide bonds. The van der Waals surface area contributed by atoms with Crippen LogP contribution in [0.25, 0.3) is 0 Å². The lowest BCUT2D eigenvalue weighted by Gasteiger charge is -2.37. The Labute approximate surface area is 143 Å². The standard InChI is InChI=1S/C18H39N5/c1-2-11-22-13-10-20-9-6-18(23(12-7-19)15-14-22)16-17-5-3-4-8-21-17/h17-18,20-21H,2-16,19H2,1H3. The van der Waals surface area contributed by atoms with Crippen molar-refractivity contribution >= 4 is 0 Å². The van der Waals surface area contributed by atoms with Gasteiger partial charge >= 0.3 is 0 Å². The maximum Gasteiger partial charge on any atom is 0.0123 e. The molecule has 2 rings (SSSR count). The number of nitrogens with two attached hydrogens (primary N) is 1. The molecule has 0 aromatic carbocycles. The lowest BCUT2D eigenvalue weighted by molar-refractivity contribution is 0.131. The van der Waals surface area contributed by atoms with E-state index in [1.54, 1.807) is 0 Å². The maximum atomic E-state index is 5.92. The van der Waals surface area contributed by atoms with E-state index in [1.807, 2.05) is 0 Å². The van der Waals surface area contributed by atoms with Gasteiger partial charge in [-0.3, -0.25) is 4.90 Å². The van der Waals surface area contributed by atoms with Crippen LogP contribution >= 0.6 is 0 Å². The number of rotatable bonds is 6. The van der Waals surface area contributed by atoms with Crippen LogP contribution in [-0.4, -0.2) is 80.8 Å². The van der Waals surface area contributed by atoms with Crippen LogP contribution in [0.15, 0.2) is 0 Å². The lowest BCUT2D eigenvalue weighted by Crippen LogP contribution is -2.49. The molecule has 2 aliphatic rings. The Morgan fingerprint density at radius 1 is 1.00 bits per heavy atom. The van der Waals surface area contributed by atoms with Gasteiger partial charge in [-0.2, -0.15) is 0 Å². The molecule has 0 aliphatic carbocycles. The largest absolute Gasteiger partial charge is 0.329 e. The van der Waals surface area contributed by atoms with Crippen molar-refractivity contribution in [1.82, 2.24) is 20.4 Å². The van der Waals surface area contributed by atoms with Gasteiger partial charge in [-0.1, -0.05) is 13.3 Å². The molecular formula is C18H39N5. The first kappa shape index (κ1) is 19.1. The van der Waals surface area contributed by atoms with Gasteiger partial charge in [-0.15, -0.1) is 0 Å². The summed E-state index contributed by atoms with van der Waals surface area (Å²) in [7, 11) is 0. The summed E-state index contributed by atoms with van der Waals surface area (Å²) in [6.45, 7) is 12.3. The average molecular weight is 326 g/mol. The summed E-state index contributed by atoms with van der Waals surface area (Å²) >= 11 is 0. The van der Waals surface area contributed by atoms with Crippen LogP contribution in [0.3, 0.4) is 0 Å². The molecule has 5 nitrogen and oxygen atoms in total. The number of piperidine rings is 1. The van der Waals surface area contributed by atoms with Gasteiger partial charge in [0, 0.05) is 51.4 Å². The van der Waals surface area contributed by atoms with E-state index in [-0.39, 0.29) is 0 Å². The summed E-state index contributed by atoms with van der Waals surface area (Å²) < 4.78 is 0. The summed E-state index contributed by atoms with van der Waals surface area (Å²) in [5.74, 6) is 0. The SMILES string of the molecule is CCCN1CCNCCC(CC2CCCCN2)N(CCN)CC1. The molecule has 2 aliphatic heterocycles. The monoisotopic (exact) mass is 325 g/mol. The van der Waals surface area contributed by atoms with Gasteiger partial charge in [0.2, 0.25) is 0 Å². The van der Waals surface area contributed by atoms with E-state index < -0.39 is 0 Å². The molecular weight excluding hydrogens is 286 g/mol. The van der Waals surface area contributed by atoms with Crippen LogP contribution in [0.1, 0.15) is 45.4 Å². The van der Waals surface area contributed by atoms with Gasteiger partial charge in [0.15, 0.2) is 0 Å². The second-order valence-electron chi connectivity index (χ2n) is 7.24. The third-order valence-electron chi connectivity index (χ3n) is 5.40. The first-order valence-electron chi connectivity index (χ1n) is 9.94. The molecule has 2 fully saturated rings. The van der Waals surface area contributed by atoms with Crippen LogP contribution in [0, 0.1) is 0 Å². The minimum absolute atomic E-state index is 0.670. The molecule has 0 saturated carbocycles. The predicted molar refractivity (Wildman–Crippen MR) is 98.9 cm³/mol. The van der Waals surface area contributed by atoms with E-state index in [2.05, 4.69) is 27.4 Å². The molecule has 0 radical (unpaired) electrons. The van der Waals surface area contributed by atoms with E-state index in [0.717, 1.165) is 26.2 Å². The van der Waals surface area contributed by atoms with E-state index in [4.69, 9.17) is 5.73 Å². The Bertz CT molecular complexity index is 293. The minimum Gasteiger partial charge on any atom is -0.329 e. The lowest BCUT2D eigenvalue weighted by atomic mass is 9.95. The predicted octanol–water partition coefficient (Wildman–Crippen LogP) is 0.853. The highest BCUT2D eigenvalue weighted by molar-refractivity contribution is 4.83. The summed E-state index contributed by atoms with van der Waals surface area (Å²) in [6.07, 6.45) is 7.88. The summed E-state index contributed by atoms with van der Waals surface area (Å²) in [4.78, 5) is 5.28. The molecule has 2 saturated heterocycles. The molecule has 0 bridgehead atoms. The van der Waals surface area contributed by atoms with E-state index in [9.17, 15) is 0 Å². The molecule has 0 aromatic heterocycles.